The Balaban J connectivity index is 2.37. The van der Waals surface area contributed by atoms with E-state index in [9.17, 15) is 14.7 Å². The van der Waals surface area contributed by atoms with Gasteiger partial charge >= 0.3 is 11.8 Å². The van der Waals surface area contributed by atoms with Gasteiger partial charge in [0, 0.05) is 20.2 Å². The summed E-state index contributed by atoms with van der Waals surface area (Å²) in [6.07, 6.45) is 0. The van der Waals surface area contributed by atoms with Gasteiger partial charge in [-0.15, -0.1) is 0 Å². The fourth-order valence-electron chi connectivity index (χ4n) is 1.68. The Bertz CT molecular complexity index is 483. The molecule has 1 aromatic rings. The van der Waals surface area contributed by atoms with Crippen molar-refractivity contribution in [3.63, 3.8) is 0 Å². The number of carbonyl (C=O) groups excluding carboxylic acids is 2. The van der Waals surface area contributed by atoms with Crippen molar-refractivity contribution in [3.05, 3.63) is 35.4 Å². The van der Waals surface area contributed by atoms with Crippen LogP contribution in [0.1, 0.15) is 18.1 Å². The smallest absolute Gasteiger partial charge is 0.309 e. The molecule has 0 saturated carbocycles. The quantitative estimate of drug-likeness (QED) is 0.651. The molecule has 0 aliphatic heterocycles. The van der Waals surface area contributed by atoms with E-state index < -0.39 is 17.4 Å². The van der Waals surface area contributed by atoms with Crippen molar-refractivity contribution in [1.82, 2.24) is 10.6 Å². The van der Waals surface area contributed by atoms with E-state index in [1.807, 2.05) is 31.2 Å². The number of aliphatic hydroxyl groups is 1. The lowest BCUT2D eigenvalue weighted by molar-refractivity contribution is -0.140. The maximum atomic E-state index is 11.6. The number of amides is 2. The number of aryl methyl sites for hydroxylation is 1. The first-order chi connectivity index (χ1) is 9.84. The lowest BCUT2D eigenvalue weighted by atomic mass is 10.1. The lowest BCUT2D eigenvalue weighted by Crippen LogP contribution is -2.48. The molecule has 0 aliphatic carbocycles. The third-order valence-corrected chi connectivity index (χ3v) is 2.86. The molecule has 0 heterocycles. The molecule has 0 radical (unpaired) electrons. The molecule has 21 heavy (non-hydrogen) atoms. The minimum atomic E-state index is -1.21. The monoisotopic (exact) mass is 294 g/mol. The van der Waals surface area contributed by atoms with Crippen LogP contribution in [0, 0.1) is 6.92 Å². The first-order valence-electron chi connectivity index (χ1n) is 6.67. The van der Waals surface area contributed by atoms with Crippen molar-refractivity contribution in [2.75, 3.05) is 20.3 Å². The Kier molecular flexibility index (Phi) is 6.33. The van der Waals surface area contributed by atoms with Gasteiger partial charge in [0.05, 0.1) is 6.61 Å². The predicted octanol–water partition coefficient (Wildman–Crippen LogP) is 0.125. The first kappa shape index (κ1) is 17.1. The molecule has 6 heteroatoms. The van der Waals surface area contributed by atoms with Crippen LogP contribution in [0.15, 0.2) is 24.3 Å². The zero-order valence-electron chi connectivity index (χ0n) is 12.6. The summed E-state index contributed by atoms with van der Waals surface area (Å²) in [5.41, 5.74) is 0.832. The zero-order valence-corrected chi connectivity index (χ0v) is 12.6. The van der Waals surface area contributed by atoms with Crippen LogP contribution in [0.3, 0.4) is 0 Å². The van der Waals surface area contributed by atoms with Crippen molar-refractivity contribution < 1.29 is 19.4 Å². The Labute approximate surface area is 124 Å². The molecule has 0 bridgehead atoms. The molecule has 0 fully saturated rings. The van der Waals surface area contributed by atoms with Crippen LogP contribution in [0.4, 0.5) is 0 Å². The Morgan fingerprint density at radius 1 is 1.19 bits per heavy atom. The van der Waals surface area contributed by atoms with E-state index in [1.54, 1.807) is 0 Å². The van der Waals surface area contributed by atoms with Gasteiger partial charge in [0.15, 0.2) is 0 Å². The number of hydrogen-bond acceptors (Lipinski definition) is 4. The van der Waals surface area contributed by atoms with Crippen LogP contribution < -0.4 is 10.6 Å². The average Bonchev–Trinajstić information content (AvgIpc) is 2.44. The molecule has 116 valence electrons. The number of ether oxygens (including phenoxy) is 1. The normalized spacial score (nSPS) is 13.3. The van der Waals surface area contributed by atoms with Crippen LogP contribution in [-0.2, 0) is 20.9 Å². The molecule has 0 aromatic heterocycles. The van der Waals surface area contributed by atoms with Crippen molar-refractivity contribution >= 4 is 11.8 Å². The number of nitrogens with one attached hydrogen (secondary N) is 2. The second kappa shape index (κ2) is 7.75. The molecule has 0 spiro atoms. The molecule has 2 amide bonds. The van der Waals surface area contributed by atoms with E-state index in [1.165, 1.54) is 14.0 Å². The van der Waals surface area contributed by atoms with Crippen molar-refractivity contribution in [3.8, 4) is 0 Å². The lowest BCUT2D eigenvalue weighted by Gasteiger charge is -2.22. The fraction of sp³-hybridized carbons (Fsp3) is 0.467. The fourth-order valence-corrected chi connectivity index (χ4v) is 1.68. The molecule has 6 nitrogen and oxygen atoms in total. The standard InChI is InChI=1S/C15H22N2O4/c1-11-4-6-12(7-5-11)8-16-13(18)14(19)17-9-15(2,20)10-21-3/h4-7,20H,8-10H2,1-3H3,(H,16,18)(H,17,19)/t15-/m1/s1. The summed E-state index contributed by atoms with van der Waals surface area (Å²) >= 11 is 0. The van der Waals surface area contributed by atoms with Crippen LogP contribution in [-0.4, -0.2) is 42.8 Å². The van der Waals surface area contributed by atoms with Gasteiger partial charge < -0.3 is 20.5 Å². The van der Waals surface area contributed by atoms with E-state index in [-0.39, 0.29) is 19.7 Å². The third kappa shape index (κ3) is 6.37. The van der Waals surface area contributed by atoms with Gasteiger partial charge in [0.2, 0.25) is 0 Å². The summed E-state index contributed by atoms with van der Waals surface area (Å²) in [5.74, 6) is -1.51. The summed E-state index contributed by atoms with van der Waals surface area (Å²) in [4.78, 5) is 23.2. The second-order valence-corrected chi connectivity index (χ2v) is 5.28. The summed E-state index contributed by atoms with van der Waals surface area (Å²) in [7, 11) is 1.45. The van der Waals surface area contributed by atoms with Crippen LogP contribution in [0.25, 0.3) is 0 Å². The van der Waals surface area contributed by atoms with Gasteiger partial charge in [-0.2, -0.15) is 0 Å². The highest BCUT2D eigenvalue weighted by Gasteiger charge is 2.23. The summed E-state index contributed by atoms with van der Waals surface area (Å²) in [6.45, 7) is 3.78. The van der Waals surface area contributed by atoms with Crippen LogP contribution in [0.5, 0.6) is 0 Å². The van der Waals surface area contributed by atoms with E-state index >= 15 is 0 Å². The van der Waals surface area contributed by atoms with Crippen LogP contribution >= 0.6 is 0 Å². The number of benzene rings is 1. The van der Waals surface area contributed by atoms with Crippen molar-refractivity contribution in [2.45, 2.75) is 26.0 Å². The van der Waals surface area contributed by atoms with Gasteiger partial charge in [0.25, 0.3) is 0 Å². The third-order valence-electron chi connectivity index (χ3n) is 2.86. The average molecular weight is 294 g/mol. The minimum Gasteiger partial charge on any atom is -0.386 e. The summed E-state index contributed by atoms with van der Waals surface area (Å²) < 4.78 is 4.81. The topological polar surface area (TPSA) is 87.7 Å². The van der Waals surface area contributed by atoms with E-state index in [0.29, 0.717) is 0 Å². The van der Waals surface area contributed by atoms with Crippen LogP contribution in [0.2, 0.25) is 0 Å². The zero-order chi connectivity index (χ0) is 15.9. The maximum absolute atomic E-state index is 11.6. The maximum Gasteiger partial charge on any atom is 0.309 e. The highest BCUT2D eigenvalue weighted by molar-refractivity contribution is 6.35. The number of methoxy groups -OCH3 is 1. The number of rotatable bonds is 6. The Hall–Kier alpha value is -1.92. The van der Waals surface area contributed by atoms with Gasteiger partial charge in [0.1, 0.15) is 5.60 Å². The molecule has 0 saturated heterocycles. The SMILES string of the molecule is COC[C@](C)(O)CNC(=O)C(=O)NCc1ccc(C)cc1. The van der Waals surface area contributed by atoms with E-state index in [0.717, 1.165) is 11.1 Å². The largest absolute Gasteiger partial charge is 0.386 e. The van der Waals surface area contributed by atoms with Crippen molar-refractivity contribution in [2.24, 2.45) is 0 Å². The summed E-state index contributed by atoms with van der Waals surface area (Å²) in [6, 6.07) is 7.64. The molecule has 0 unspecified atom stereocenters. The van der Waals surface area contributed by atoms with Crippen molar-refractivity contribution in [1.29, 1.82) is 0 Å². The molecule has 1 atom stereocenters. The van der Waals surface area contributed by atoms with Gasteiger partial charge in [-0.25, -0.2) is 0 Å². The summed E-state index contributed by atoms with van der Waals surface area (Å²) in [5, 5.41) is 14.7. The van der Waals surface area contributed by atoms with Gasteiger partial charge in [-0.05, 0) is 19.4 Å². The van der Waals surface area contributed by atoms with Gasteiger partial charge in [-0.1, -0.05) is 29.8 Å². The number of carbonyl (C=O) groups is 2. The minimum absolute atomic E-state index is 0.0579. The van der Waals surface area contributed by atoms with E-state index in [2.05, 4.69) is 10.6 Å². The molecule has 0 aliphatic rings. The molecule has 1 aromatic carbocycles. The highest BCUT2D eigenvalue weighted by Crippen LogP contribution is 2.03. The van der Waals surface area contributed by atoms with Gasteiger partial charge in [-0.3, -0.25) is 9.59 Å². The second-order valence-electron chi connectivity index (χ2n) is 5.28. The highest BCUT2D eigenvalue weighted by atomic mass is 16.5. The first-order valence-corrected chi connectivity index (χ1v) is 6.67. The molecule has 3 N–H and O–H groups in total. The Morgan fingerprint density at radius 2 is 1.76 bits per heavy atom. The Morgan fingerprint density at radius 3 is 2.33 bits per heavy atom. The van der Waals surface area contributed by atoms with E-state index in [4.69, 9.17) is 4.74 Å². The number of hydrogen-bond donors (Lipinski definition) is 3. The molecule has 1 rings (SSSR count). The molecular weight excluding hydrogens is 272 g/mol. The molecular formula is C15H22N2O4. The predicted molar refractivity (Wildman–Crippen MR) is 78.5 cm³/mol.